The van der Waals surface area contributed by atoms with E-state index in [1.54, 1.807) is 7.11 Å². The molecule has 154 valence electrons. The van der Waals surface area contributed by atoms with Crippen molar-refractivity contribution in [1.82, 2.24) is 15.5 Å². The van der Waals surface area contributed by atoms with Crippen molar-refractivity contribution >= 4 is 24.2 Å². The Morgan fingerprint density at radius 3 is 2.82 bits per heavy atom. The Labute approximate surface area is 172 Å². The highest BCUT2D eigenvalue weighted by Gasteiger charge is 2.50. The van der Waals surface area contributed by atoms with E-state index in [0.717, 1.165) is 43.7 Å². The minimum atomic E-state index is -0.381. The topological polar surface area (TPSA) is 70.7 Å². The van der Waals surface area contributed by atoms with Crippen molar-refractivity contribution < 1.29 is 14.3 Å². The van der Waals surface area contributed by atoms with E-state index in [1.165, 1.54) is 6.42 Å². The SMILES string of the molecule is COc1ccc(CN2CCC(NC(=O)[C@@]34CCCC[C@H]3CNC4)C2=O)cc1.Cl. The van der Waals surface area contributed by atoms with Crippen LogP contribution in [0.5, 0.6) is 5.75 Å². The molecule has 1 unspecified atom stereocenters. The summed E-state index contributed by atoms with van der Waals surface area (Å²) in [6, 6.07) is 7.39. The monoisotopic (exact) mass is 407 g/mol. The molecule has 0 bridgehead atoms. The summed E-state index contributed by atoms with van der Waals surface area (Å²) in [7, 11) is 1.64. The first-order chi connectivity index (χ1) is 13.1. The fourth-order valence-electron chi connectivity index (χ4n) is 4.97. The molecule has 0 aromatic heterocycles. The fraction of sp³-hybridized carbons (Fsp3) is 0.619. The molecule has 4 rings (SSSR count). The summed E-state index contributed by atoms with van der Waals surface area (Å²) in [4.78, 5) is 27.8. The van der Waals surface area contributed by atoms with Crippen LogP contribution >= 0.6 is 12.4 Å². The third-order valence-corrected chi connectivity index (χ3v) is 6.63. The van der Waals surface area contributed by atoms with Gasteiger partial charge >= 0.3 is 0 Å². The fourth-order valence-corrected chi connectivity index (χ4v) is 4.97. The summed E-state index contributed by atoms with van der Waals surface area (Å²) in [6.45, 7) is 2.94. The minimum Gasteiger partial charge on any atom is -0.497 e. The maximum Gasteiger partial charge on any atom is 0.245 e. The number of carbonyl (C=O) groups excluding carboxylic acids is 2. The van der Waals surface area contributed by atoms with E-state index in [4.69, 9.17) is 4.74 Å². The highest BCUT2D eigenvalue weighted by Crippen LogP contribution is 2.44. The van der Waals surface area contributed by atoms with Gasteiger partial charge in [0.25, 0.3) is 0 Å². The number of carbonyl (C=O) groups is 2. The highest BCUT2D eigenvalue weighted by molar-refractivity contribution is 5.91. The Morgan fingerprint density at radius 2 is 2.07 bits per heavy atom. The van der Waals surface area contributed by atoms with Gasteiger partial charge in [-0.15, -0.1) is 12.4 Å². The van der Waals surface area contributed by atoms with E-state index in [-0.39, 0.29) is 35.7 Å². The molecule has 2 saturated heterocycles. The molecule has 0 spiro atoms. The van der Waals surface area contributed by atoms with Crippen LogP contribution in [-0.2, 0) is 16.1 Å². The van der Waals surface area contributed by atoms with Gasteiger partial charge in [0.1, 0.15) is 11.8 Å². The molecular weight excluding hydrogens is 378 g/mol. The third kappa shape index (κ3) is 3.85. The van der Waals surface area contributed by atoms with Gasteiger partial charge in [-0.25, -0.2) is 0 Å². The average Bonchev–Trinajstić information content (AvgIpc) is 3.28. The summed E-state index contributed by atoms with van der Waals surface area (Å²) >= 11 is 0. The Kier molecular flexibility index (Phi) is 6.50. The van der Waals surface area contributed by atoms with Crippen LogP contribution in [-0.4, -0.2) is 49.5 Å². The smallest absolute Gasteiger partial charge is 0.245 e. The molecule has 3 atom stereocenters. The van der Waals surface area contributed by atoms with Gasteiger partial charge in [0, 0.05) is 19.6 Å². The zero-order valence-electron chi connectivity index (χ0n) is 16.4. The van der Waals surface area contributed by atoms with Crippen molar-refractivity contribution in [2.45, 2.75) is 44.7 Å². The predicted molar refractivity (Wildman–Crippen MR) is 109 cm³/mol. The lowest BCUT2D eigenvalue weighted by atomic mass is 9.67. The zero-order chi connectivity index (χ0) is 18.9. The second-order valence-electron chi connectivity index (χ2n) is 8.15. The van der Waals surface area contributed by atoms with Crippen molar-refractivity contribution in [3.05, 3.63) is 29.8 Å². The lowest BCUT2D eigenvalue weighted by Crippen LogP contribution is -2.52. The number of fused-ring (bicyclic) bond motifs is 1. The number of ether oxygens (including phenoxy) is 1. The van der Waals surface area contributed by atoms with Crippen LogP contribution in [0.25, 0.3) is 0 Å². The Bertz CT molecular complexity index is 711. The van der Waals surface area contributed by atoms with Crippen LogP contribution in [0.3, 0.4) is 0 Å². The minimum absolute atomic E-state index is 0. The van der Waals surface area contributed by atoms with Gasteiger partial charge in [-0.1, -0.05) is 25.0 Å². The van der Waals surface area contributed by atoms with Gasteiger partial charge in [-0.2, -0.15) is 0 Å². The molecule has 1 aromatic rings. The second kappa shape index (κ2) is 8.70. The molecule has 1 saturated carbocycles. The molecule has 6 nitrogen and oxygen atoms in total. The Hall–Kier alpha value is -1.79. The predicted octanol–water partition coefficient (Wildman–Crippen LogP) is 2.11. The summed E-state index contributed by atoms with van der Waals surface area (Å²) in [6.07, 6.45) is 5.05. The molecular formula is C21H30ClN3O3. The summed E-state index contributed by atoms with van der Waals surface area (Å²) in [5, 5.41) is 6.51. The molecule has 7 heteroatoms. The van der Waals surface area contributed by atoms with E-state index < -0.39 is 0 Å². The number of rotatable bonds is 5. The van der Waals surface area contributed by atoms with E-state index in [9.17, 15) is 9.59 Å². The van der Waals surface area contributed by atoms with Gasteiger partial charge in [0.2, 0.25) is 11.8 Å². The number of nitrogens with one attached hydrogen (secondary N) is 2. The third-order valence-electron chi connectivity index (χ3n) is 6.63. The quantitative estimate of drug-likeness (QED) is 0.784. The van der Waals surface area contributed by atoms with Gasteiger partial charge in [-0.05, 0) is 49.4 Å². The van der Waals surface area contributed by atoms with Crippen LogP contribution < -0.4 is 15.4 Å². The molecule has 1 aliphatic carbocycles. The molecule has 1 aromatic carbocycles. The number of methoxy groups -OCH3 is 1. The molecule has 2 aliphatic heterocycles. The van der Waals surface area contributed by atoms with Crippen molar-refractivity contribution in [3.63, 3.8) is 0 Å². The van der Waals surface area contributed by atoms with Crippen molar-refractivity contribution in [1.29, 1.82) is 0 Å². The van der Waals surface area contributed by atoms with Crippen LogP contribution in [0.2, 0.25) is 0 Å². The average molecular weight is 408 g/mol. The first-order valence-corrected chi connectivity index (χ1v) is 10.1. The maximum atomic E-state index is 13.1. The normalized spacial score (nSPS) is 29.2. The summed E-state index contributed by atoms with van der Waals surface area (Å²) in [5.74, 6) is 1.34. The number of nitrogens with zero attached hydrogens (tertiary/aromatic N) is 1. The maximum absolute atomic E-state index is 13.1. The number of hydrogen-bond acceptors (Lipinski definition) is 4. The summed E-state index contributed by atoms with van der Waals surface area (Å²) in [5.41, 5.74) is 0.768. The number of halogens is 1. The van der Waals surface area contributed by atoms with E-state index >= 15 is 0 Å². The van der Waals surface area contributed by atoms with E-state index in [0.29, 0.717) is 25.4 Å². The molecule has 2 amide bonds. The first-order valence-electron chi connectivity index (χ1n) is 10.1. The standard InChI is InChI=1S/C21H29N3O3.ClH/c1-27-17-7-5-15(6-8-17)13-24-11-9-18(19(24)25)23-20(26)21-10-3-2-4-16(21)12-22-14-21;/h5-8,16,18,22H,2-4,9-14H2,1H3,(H,23,26);1H/t16-,18?,21+;/m0./s1. The zero-order valence-corrected chi connectivity index (χ0v) is 17.2. The number of amides is 2. The number of hydrogen-bond donors (Lipinski definition) is 2. The Balaban J connectivity index is 0.00000225. The molecule has 0 radical (unpaired) electrons. The van der Waals surface area contributed by atoms with Crippen LogP contribution in [0.1, 0.15) is 37.7 Å². The largest absolute Gasteiger partial charge is 0.497 e. The van der Waals surface area contributed by atoms with Gasteiger partial charge in [-0.3, -0.25) is 9.59 Å². The molecule has 28 heavy (non-hydrogen) atoms. The number of benzene rings is 1. The van der Waals surface area contributed by atoms with Gasteiger partial charge in [0.15, 0.2) is 0 Å². The second-order valence-corrected chi connectivity index (χ2v) is 8.15. The lowest BCUT2D eigenvalue weighted by Gasteiger charge is -2.37. The number of likely N-dealkylation sites (tertiary alicyclic amines) is 1. The van der Waals surface area contributed by atoms with Crippen molar-refractivity contribution in [3.8, 4) is 5.75 Å². The van der Waals surface area contributed by atoms with E-state index in [2.05, 4.69) is 10.6 Å². The van der Waals surface area contributed by atoms with Gasteiger partial charge in [0.05, 0.1) is 12.5 Å². The molecule has 3 aliphatic rings. The van der Waals surface area contributed by atoms with Crippen LogP contribution in [0.4, 0.5) is 0 Å². The van der Waals surface area contributed by atoms with Crippen LogP contribution in [0.15, 0.2) is 24.3 Å². The van der Waals surface area contributed by atoms with Crippen molar-refractivity contribution in [2.24, 2.45) is 11.3 Å². The molecule has 2 heterocycles. The van der Waals surface area contributed by atoms with Gasteiger partial charge < -0.3 is 20.3 Å². The molecule has 2 N–H and O–H groups in total. The highest BCUT2D eigenvalue weighted by atomic mass is 35.5. The van der Waals surface area contributed by atoms with E-state index in [1.807, 2.05) is 29.2 Å². The Morgan fingerprint density at radius 1 is 1.29 bits per heavy atom. The van der Waals surface area contributed by atoms with Crippen LogP contribution in [0, 0.1) is 11.3 Å². The first kappa shape index (κ1) is 20.9. The van der Waals surface area contributed by atoms with Crippen molar-refractivity contribution in [2.75, 3.05) is 26.7 Å². The molecule has 3 fully saturated rings. The lowest BCUT2D eigenvalue weighted by molar-refractivity contribution is -0.139. The summed E-state index contributed by atoms with van der Waals surface area (Å²) < 4.78 is 5.18.